The highest BCUT2D eigenvalue weighted by atomic mass is 32.2. The zero-order chi connectivity index (χ0) is 15.5. The van der Waals surface area contributed by atoms with E-state index in [1.165, 1.54) is 0 Å². The number of nitrogen functional groups attached to an aromatic ring is 1. The fraction of sp³-hybridized carbons (Fsp3) is 0.500. The first-order valence-corrected chi connectivity index (χ1v) is 8.88. The Hall–Kier alpha value is -1.76. The summed E-state index contributed by atoms with van der Waals surface area (Å²) < 4.78 is 23.4. The molecule has 6 nitrogen and oxygen atoms in total. The second kappa shape index (κ2) is 6.34. The molecule has 0 aliphatic carbocycles. The summed E-state index contributed by atoms with van der Waals surface area (Å²) in [6, 6.07) is 4.80. The number of anilines is 2. The molecule has 1 amide bonds. The molecule has 116 valence electrons. The summed E-state index contributed by atoms with van der Waals surface area (Å²) in [5, 5.41) is 5.90. The molecule has 1 aliphatic rings. The Labute approximate surface area is 125 Å². The van der Waals surface area contributed by atoms with Gasteiger partial charge in [0.25, 0.3) is 5.91 Å². The molecule has 1 aromatic carbocycles. The van der Waals surface area contributed by atoms with Crippen LogP contribution in [0.15, 0.2) is 18.2 Å². The molecule has 1 fully saturated rings. The number of nitrogens with two attached hydrogens (primary N) is 1. The number of sulfone groups is 1. The lowest BCUT2D eigenvalue weighted by Crippen LogP contribution is -2.35. The predicted molar refractivity (Wildman–Crippen MR) is 84.2 cm³/mol. The number of carbonyl (C=O) groups is 1. The van der Waals surface area contributed by atoms with Crippen molar-refractivity contribution < 1.29 is 13.2 Å². The first-order chi connectivity index (χ1) is 9.91. The van der Waals surface area contributed by atoms with E-state index in [9.17, 15) is 13.2 Å². The topological polar surface area (TPSA) is 101 Å². The van der Waals surface area contributed by atoms with Gasteiger partial charge in [-0.05, 0) is 38.0 Å². The highest BCUT2D eigenvalue weighted by Crippen LogP contribution is 2.23. The van der Waals surface area contributed by atoms with E-state index in [2.05, 4.69) is 10.6 Å². The zero-order valence-electron chi connectivity index (χ0n) is 12.1. The van der Waals surface area contributed by atoms with Gasteiger partial charge in [-0.2, -0.15) is 0 Å². The third kappa shape index (κ3) is 4.10. The van der Waals surface area contributed by atoms with Crippen molar-refractivity contribution in [2.75, 3.05) is 29.1 Å². The number of amides is 1. The molecule has 2 rings (SSSR count). The van der Waals surface area contributed by atoms with Crippen LogP contribution in [0.3, 0.4) is 0 Å². The fourth-order valence-corrected chi connectivity index (χ4v) is 4.13. The van der Waals surface area contributed by atoms with Crippen LogP contribution in [0.5, 0.6) is 0 Å². The van der Waals surface area contributed by atoms with Crippen LogP contribution in [0.2, 0.25) is 0 Å². The lowest BCUT2D eigenvalue weighted by Gasteiger charge is -2.25. The second-order valence-electron chi connectivity index (χ2n) is 5.26. The van der Waals surface area contributed by atoms with Crippen molar-refractivity contribution in [3.05, 3.63) is 23.8 Å². The van der Waals surface area contributed by atoms with Gasteiger partial charge in [-0.1, -0.05) is 0 Å². The maximum Gasteiger partial charge on any atom is 0.253 e. The lowest BCUT2D eigenvalue weighted by atomic mass is 10.1. The van der Waals surface area contributed by atoms with Gasteiger partial charge in [0, 0.05) is 24.0 Å². The first-order valence-electron chi connectivity index (χ1n) is 7.06. The van der Waals surface area contributed by atoms with Crippen LogP contribution in [0, 0.1) is 0 Å². The van der Waals surface area contributed by atoms with Crippen molar-refractivity contribution in [3.8, 4) is 0 Å². The first kappa shape index (κ1) is 15.6. The molecular formula is C14H21N3O3S. The average molecular weight is 311 g/mol. The van der Waals surface area contributed by atoms with E-state index in [0.717, 1.165) is 6.42 Å². The highest BCUT2D eigenvalue weighted by molar-refractivity contribution is 7.91. The number of carbonyl (C=O) groups excluding carboxylic acids is 1. The molecular weight excluding hydrogens is 290 g/mol. The van der Waals surface area contributed by atoms with Gasteiger partial charge in [0.05, 0.1) is 17.1 Å². The van der Waals surface area contributed by atoms with Crippen molar-refractivity contribution in [2.24, 2.45) is 0 Å². The second-order valence-corrected chi connectivity index (χ2v) is 7.49. The maximum absolute atomic E-state index is 12.0. The van der Waals surface area contributed by atoms with Crippen LogP contribution >= 0.6 is 0 Å². The standard InChI is InChI=1S/C14H21N3O3S/c1-2-16-14(18)12-6-5-10(15)8-13(12)17-11-4-3-7-21(19,20)9-11/h5-6,8,11,17H,2-4,7,9,15H2,1H3,(H,16,18). The van der Waals surface area contributed by atoms with E-state index < -0.39 is 9.84 Å². The minimum Gasteiger partial charge on any atom is -0.399 e. The van der Waals surface area contributed by atoms with Gasteiger partial charge in [-0.15, -0.1) is 0 Å². The predicted octanol–water partition coefficient (Wildman–Crippen LogP) is 1.01. The Morgan fingerprint density at radius 1 is 1.43 bits per heavy atom. The van der Waals surface area contributed by atoms with Gasteiger partial charge in [0.1, 0.15) is 0 Å². The van der Waals surface area contributed by atoms with Gasteiger partial charge >= 0.3 is 0 Å². The van der Waals surface area contributed by atoms with Crippen molar-refractivity contribution in [1.29, 1.82) is 0 Å². The van der Waals surface area contributed by atoms with Crippen molar-refractivity contribution >= 4 is 27.1 Å². The molecule has 0 aromatic heterocycles. The Bertz CT molecular complexity index is 628. The molecule has 0 bridgehead atoms. The van der Waals surface area contributed by atoms with E-state index in [1.54, 1.807) is 18.2 Å². The van der Waals surface area contributed by atoms with Gasteiger partial charge in [0.2, 0.25) is 0 Å². The summed E-state index contributed by atoms with van der Waals surface area (Å²) in [5.74, 6) is 0.140. The van der Waals surface area contributed by atoms with Crippen LogP contribution in [0.4, 0.5) is 11.4 Å². The summed E-state index contributed by atoms with van der Waals surface area (Å²) in [5.41, 5.74) is 7.37. The number of hydrogen-bond acceptors (Lipinski definition) is 5. The van der Waals surface area contributed by atoms with Crippen molar-refractivity contribution in [1.82, 2.24) is 5.32 Å². The Balaban J connectivity index is 2.22. The smallest absolute Gasteiger partial charge is 0.253 e. The normalized spacial score (nSPS) is 20.7. The van der Waals surface area contributed by atoms with Crippen LogP contribution in [0.25, 0.3) is 0 Å². The fourth-order valence-electron chi connectivity index (χ4n) is 2.49. The third-order valence-electron chi connectivity index (χ3n) is 3.45. The van der Waals surface area contributed by atoms with Crippen LogP contribution in [-0.2, 0) is 9.84 Å². The summed E-state index contributed by atoms with van der Waals surface area (Å²) in [6.45, 7) is 2.37. The van der Waals surface area contributed by atoms with E-state index in [-0.39, 0.29) is 23.5 Å². The molecule has 1 heterocycles. The van der Waals surface area contributed by atoms with Gasteiger partial charge in [-0.3, -0.25) is 4.79 Å². The van der Waals surface area contributed by atoms with Crippen LogP contribution in [0.1, 0.15) is 30.1 Å². The maximum atomic E-state index is 12.0. The summed E-state index contributed by atoms with van der Waals surface area (Å²) in [4.78, 5) is 12.0. The molecule has 1 aromatic rings. The zero-order valence-corrected chi connectivity index (χ0v) is 12.9. The average Bonchev–Trinajstić information content (AvgIpc) is 2.37. The molecule has 1 atom stereocenters. The third-order valence-corrected chi connectivity index (χ3v) is 5.27. The van der Waals surface area contributed by atoms with Crippen LogP contribution < -0.4 is 16.4 Å². The number of nitrogens with one attached hydrogen (secondary N) is 2. The Morgan fingerprint density at radius 3 is 2.86 bits per heavy atom. The molecule has 4 N–H and O–H groups in total. The van der Waals surface area contributed by atoms with E-state index in [1.807, 2.05) is 6.92 Å². The van der Waals surface area contributed by atoms with E-state index in [4.69, 9.17) is 5.73 Å². The van der Waals surface area contributed by atoms with Gasteiger partial charge in [-0.25, -0.2) is 8.42 Å². The van der Waals surface area contributed by atoms with Crippen LogP contribution in [-0.4, -0.2) is 38.4 Å². The van der Waals surface area contributed by atoms with Crippen molar-refractivity contribution in [2.45, 2.75) is 25.8 Å². The van der Waals surface area contributed by atoms with E-state index in [0.29, 0.717) is 29.9 Å². The molecule has 7 heteroatoms. The monoisotopic (exact) mass is 311 g/mol. The molecule has 1 unspecified atom stereocenters. The molecule has 0 saturated carbocycles. The summed E-state index contributed by atoms with van der Waals surface area (Å²) in [6.07, 6.45) is 1.40. The quantitative estimate of drug-likeness (QED) is 0.720. The summed E-state index contributed by atoms with van der Waals surface area (Å²) >= 11 is 0. The molecule has 1 saturated heterocycles. The van der Waals surface area contributed by atoms with Gasteiger partial charge < -0.3 is 16.4 Å². The lowest BCUT2D eigenvalue weighted by molar-refractivity contribution is 0.0956. The summed E-state index contributed by atoms with van der Waals surface area (Å²) in [7, 11) is -3.00. The SMILES string of the molecule is CCNC(=O)c1ccc(N)cc1NC1CCCS(=O)(=O)C1. The highest BCUT2D eigenvalue weighted by Gasteiger charge is 2.25. The Kier molecular flexibility index (Phi) is 4.72. The van der Waals surface area contributed by atoms with Gasteiger partial charge in [0.15, 0.2) is 9.84 Å². The minimum atomic E-state index is -3.00. The Morgan fingerprint density at radius 2 is 2.19 bits per heavy atom. The number of hydrogen-bond donors (Lipinski definition) is 3. The van der Waals surface area contributed by atoms with E-state index >= 15 is 0 Å². The molecule has 1 aliphatic heterocycles. The molecule has 0 spiro atoms. The minimum absolute atomic E-state index is 0.0939. The largest absolute Gasteiger partial charge is 0.399 e. The number of benzene rings is 1. The molecule has 21 heavy (non-hydrogen) atoms. The van der Waals surface area contributed by atoms with Crippen molar-refractivity contribution in [3.63, 3.8) is 0 Å². The molecule has 0 radical (unpaired) electrons. The number of rotatable bonds is 4.